The maximum Gasteiger partial charge on any atom is 0.326 e. The molecule has 198 valence electrons. The van der Waals surface area contributed by atoms with Crippen molar-refractivity contribution in [3.05, 3.63) is 80.3 Å². The van der Waals surface area contributed by atoms with Gasteiger partial charge in [-0.15, -0.1) is 0 Å². The monoisotopic (exact) mass is 561 g/mol. The molecule has 0 aromatic heterocycles. The Hall–Kier alpha value is -3.36. The van der Waals surface area contributed by atoms with E-state index < -0.39 is 29.6 Å². The van der Waals surface area contributed by atoms with Crippen LogP contribution in [0.25, 0.3) is 11.1 Å². The van der Waals surface area contributed by atoms with Crippen molar-refractivity contribution < 1.29 is 33.0 Å². The highest BCUT2D eigenvalue weighted by atomic mass is 35.5. The molecule has 0 spiro atoms. The van der Waals surface area contributed by atoms with Crippen LogP contribution >= 0.6 is 23.2 Å². The van der Waals surface area contributed by atoms with Crippen molar-refractivity contribution in [2.75, 3.05) is 13.2 Å². The summed E-state index contributed by atoms with van der Waals surface area (Å²) in [6.45, 7) is 0.807. The van der Waals surface area contributed by atoms with Crippen LogP contribution in [0.1, 0.15) is 39.9 Å². The number of nitrogens with one attached hydrogen (secondary N) is 1. The van der Waals surface area contributed by atoms with E-state index in [9.17, 15) is 23.5 Å². The molecule has 1 atom stereocenters. The Morgan fingerprint density at radius 2 is 1.58 bits per heavy atom. The van der Waals surface area contributed by atoms with Crippen molar-refractivity contribution in [2.45, 2.75) is 38.1 Å². The molecule has 2 aliphatic heterocycles. The lowest BCUT2D eigenvalue weighted by molar-refractivity contribution is -0.139. The van der Waals surface area contributed by atoms with Crippen LogP contribution in [-0.2, 0) is 24.1 Å². The molecule has 2 heterocycles. The number of hydrogen-bond acceptors (Lipinski definition) is 4. The molecule has 38 heavy (non-hydrogen) atoms. The molecule has 0 bridgehead atoms. The van der Waals surface area contributed by atoms with Crippen molar-refractivity contribution in [3.63, 3.8) is 0 Å². The fraction of sp³-hybridized carbons (Fsp3) is 0.286. The molecule has 3 aromatic carbocycles. The Kier molecular flexibility index (Phi) is 7.45. The van der Waals surface area contributed by atoms with Gasteiger partial charge < -0.3 is 19.9 Å². The van der Waals surface area contributed by atoms with Gasteiger partial charge >= 0.3 is 5.97 Å². The van der Waals surface area contributed by atoms with E-state index in [0.29, 0.717) is 67.1 Å². The predicted molar refractivity (Wildman–Crippen MR) is 138 cm³/mol. The number of carboxylic acid groups (broad SMARTS) is 1. The Morgan fingerprint density at radius 1 is 0.947 bits per heavy atom. The van der Waals surface area contributed by atoms with Gasteiger partial charge in [-0.3, -0.25) is 4.79 Å². The number of benzene rings is 3. The molecule has 1 unspecified atom stereocenters. The van der Waals surface area contributed by atoms with Crippen LogP contribution in [0.2, 0.25) is 10.0 Å². The smallest absolute Gasteiger partial charge is 0.326 e. The van der Waals surface area contributed by atoms with E-state index in [1.807, 2.05) is 0 Å². The van der Waals surface area contributed by atoms with Crippen molar-refractivity contribution in [2.24, 2.45) is 0 Å². The Bertz CT molecular complexity index is 1430. The Balaban J connectivity index is 1.51. The third-order valence-electron chi connectivity index (χ3n) is 6.76. The second kappa shape index (κ2) is 10.8. The summed E-state index contributed by atoms with van der Waals surface area (Å²) >= 11 is 12.2. The molecule has 10 heteroatoms. The number of ether oxygens (including phenoxy) is 2. The number of halogens is 4. The number of rotatable bonds is 6. The number of fused-ring (bicyclic) bond motifs is 2. The van der Waals surface area contributed by atoms with Gasteiger partial charge in [0.25, 0.3) is 5.91 Å². The molecule has 6 nitrogen and oxygen atoms in total. The lowest BCUT2D eigenvalue weighted by atomic mass is 9.89. The number of amides is 1. The number of carboxylic acids is 1. The molecular formula is C28H23Cl2F2NO5. The van der Waals surface area contributed by atoms with Crippen molar-refractivity contribution in [1.29, 1.82) is 0 Å². The van der Waals surface area contributed by atoms with Crippen molar-refractivity contribution >= 4 is 35.1 Å². The summed E-state index contributed by atoms with van der Waals surface area (Å²) in [5, 5.41) is 12.6. The minimum absolute atomic E-state index is 0.00842. The van der Waals surface area contributed by atoms with E-state index in [-0.39, 0.29) is 27.6 Å². The highest BCUT2D eigenvalue weighted by molar-refractivity contribution is 6.39. The Labute approximate surface area is 227 Å². The zero-order chi connectivity index (χ0) is 27.0. The van der Waals surface area contributed by atoms with Crippen LogP contribution in [0.3, 0.4) is 0 Å². The summed E-state index contributed by atoms with van der Waals surface area (Å²) in [6.07, 6.45) is 2.18. The van der Waals surface area contributed by atoms with Gasteiger partial charge in [-0.1, -0.05) is 41.4 Å². The van der Waals surface area contributed by atoms with E-state index >= 15 is 0 Å². The lowest BCUT2D eigenvalue weighted by Gasteiger charge is -2.27. The highest BCUT2D eigenvalue weighted by Gasteiger charge is 2.30. The molecule has 2 aliphatic rings. The average molecular weight is 562 g/mol. The zero-order valence-corrected chi connectivity index (χ0v) is 21.6. The molecular weight excluding hydrogens is 539 g/mol. The molecule has 0 radical (unpaired) electrons. The molecule has 0 saturated heterocycles. The normalized spacial score (nSPS) is 14.9. The molecule has 0 aliphatic carbocycles. The fourth-order valence-electron chi connectivity index (χ4n) is 4.97. The van der Waals surface area contributed by atoms with Gasteiger partial charge in [0.1, 0.15) is 17.5 Å². The number of aliphatic carboxylic acids is 1. The minimum Gasteiger partial charge on any atom is -0.493 e. The molecule has 2 N–H and O–H groups in total. The van der Waals surface area contributed by atoms with Gasteiger partial charge in [0.05, 0.1) is 28.8 Å². The van der Waals surface area contributed by atoms with E-state index in [2.05, 4.69) is 5.32 Å². The topological polar surface area (TPSA) is 84.9 Å². The van der Waals surface area contributed by atoms with Gasteiger partial charge in [0, 0.05) is 23.1 Å². The van der Waals surface area contributed by atoms with Crippen LogP contribution in [0.5, 0.6) is 11.5 Å². The number of carbonyl (C=O) groups excluding carboxylic acids is 1. The second-order valence-corrected chi connectivity index (χ2v) is 9.99. The lowest BCUT2D eigenvalue weighted by Crippen LogP contribution is -2.42. The van der Waals surface area contributed by atoms with Crippen molar-refractivity contribution in [3.8, 4) is 22.6 Å². The summed E-state index contributed by atoms with van der Waals surface area (Å²) in [7, 11) is 0. The highest BCUT2D eigenvalue weighted by Crippen LogP contribution is 2.45. The second-order valence-electron chi connectivity index (χ2n) is 9.18. The van der Waals surface area contributed by atoms with Crippen LogP contribution in [0, 0.1) is 11.6 Å². The first-order chi connectivity index (χ1) is 18.3. The zero-order valence-electron chi connectivity index (χ0n) is 20.1. The van der Waals surface area contributed by atoms with E-state index in [4.69, 9.17) is 32.7 Å². The first-order valence-electron chi connectivity index (χ1n) is 12.2. The number of carbonyl (C=O) groups is 2. The fourth-order valence-corrected chi connectivity index (χ4v) is 5.54. The first-order valence-corrected chi connectivity index (χ1v) is 12.9. The van der Waals surface area contributed by atoms with Gasteiger partial charge in [0.2, 0.25) is 0 Å². The van der Waals surface area contributed by atoms with Crippen LogP contribution in [0.15, 0.2) is 36.4 Å². The quantitative estimate of drug-likeness (QED) is 0.384. The van der Waals surface area contributed by atoms with Crippen LogP contribution < -0.4 is 14.8 Å². The summed E-state index contributed by atoms with van der Waals surface area (Å²) in [5.41, 5.74) is 2.52. The summed E-state index contributed by atoms with van der Waals surface area (Å²) in [5.74, 6) is -3.05. The van der Waals surface area contributed by atoms with Crippen LogP contribution in [0.4, 0.5) is 8.78 Å². The maximum absolute atomic E-state index is 14.5. The number of hydrogen-bond donors (Lipinski definition) is 2. The summed E-state index contributed by atoms with van der Waals surface area (Å²) < 4.78 is 40.8. The minimum atomic E-state index is -1.29. The summed E-state index contributed by atoms with van der Waals surface area (Å²) in [6, 6.07) is 7.81. The van der Waals surface area contributed by atoms with Gasteiger partial charge in [-0.25, -0.2) is 13.6 Å². The predicted octanol–water partition coefficient (Wildman–Crippen LogP) is 6.01. The average Bonchev–Trinajstić information content (AvgIpc) is 2.90. The van der Waals surface area contributed by atoms with E-state index in [1.165, 1.54) is 12.1 Å². The molecule has 1 amide bonds. The Morgan fingerprint density at radius 3 is 2.24 bits per heavy atom. The SMILES string of the molecule is O=C(NC(Cc1ccc(-c2cc(F)c(F)c3c2OCCC3)c2c1CCCO2)C(=O)O)c1c(Cl)cccc1Cl. The largest absolute Gasteiger partial charge is 0.493 e. The summed E-state index contributed by atoms with van der Waals surface area (Å²) in [4.78, 5) is 25.0. The van der Waals surface area contributed by atoms with Crippen LogP contribution in [-0.4, -0.2) is 36.2 Å². The van der Waals surface area contributed by atoms with Gasteiger partial charge in [-0.2, -0.15) is 0 Å². The third kappa shape index (κ3) is 4.90. The first kappa shape index (κ1) is 26.3. The van der Waals surface area contributed by atoms with E-state index in [0.717, 1.165) is 11.6 Å². The molecule has 3 aromatic rings. The maximum atomic E-state index is 14.5. The molecule has 0 saturated carbocycles. The molecule has 5 rings (SSSR count). The van der Waals surface area contributed by atoms with Crippen molar-refractivity contribution in [1.82, 2.24) is 5.32 Å². The standard InChI is InChI=1S/C28H23Cl2F2NO5/c29-19-6-1-7-20(30)23(19)27(34)33-22(28(35)36)12-14-8-9-16(25-15(14)4-2-10-37-25)18-13-21(31)24(32)17-5-3-11-38-26(17)18/h1,6-9,13,22H,2-5,10-12H2,(H,33,34)(H,35,36). The molecule has 0 fully saturated rings. The van der Waals surface area contributed by atoms with E-state index in [1.54, 1.807) is 18.2 Å². The van der Waals surface area contributed by atoms with Gasteiger partial charge in [-0.05, 0) is 55.0 Å². The van der Waals surface area contributed by atoms with Gasteiger partial charge in [0.15, 0.2) is 11.6 Å². The third-order valence-corrected chi connectivity index (χ3v) is 7.39.